The maximum atomic E-state index is 13.2. The molecular weight excluding hydrogens is 400 g/mol. The van der Waals surface area contributed by atoms with Crippen LogP contribution in [-0.4, -0.2) is 46.5 Å². The number of likely N-dealkylation sites (N-methyl/N-ethyl adjacent to an activating group) is 2. The normalized spacial score (nSPS) is 20.8. The van der Waals surface area contributed by atoms with E-state index in [1.54, 1.807) is 35.3 Å². The Kier molecular flexibility index (Phi) is 4.40. The van der Waals surface area contributed by atoms with Crippen molar-refractivity contribution in [3.8, 4) is 0 Å². The lowest BCUT2D eigenvalue weighted by Gasteiger charge is -2.11. The monoisotopic (exact) mass is 418 g/mol. The predicted molar refractivity (Wildman–Crippen MR) is 114 cm³/mol. The molecule has 0 saturated carbocycles. The van der Waals surface area contributed by atoms with E-state index in [1.807, 2.05) is 43.1 Å². The van der Waals surface area contributed by atoms with Crippen molar-refractivity contribution in [2.24, 2.45) is 0 Å². The number of thiazole rings is 1. The van der Waals surface area contributed by atoms with Gasteiger partial charge in [0.2, 0.25) is 0 Å². The number of fused-ring (bicyclic) bond motifs is 1. The number of hydrogen-bond donors (Lipinski definition) is 0. The van der Waals surface area contributed by atoms with E-state index >= 15 is 0 Å². The van der Waals surface area contributed by atoms with Crippen LogP contribution in [-0.2, 0) is 11.3 Å². The zero-order valence-corrected chi connectivity index (χ0v) is 17.8. The number of benzene rings is 1. The predicted octanol–water partition coefficient (Wildman–Crippen LogP) is 1.03. The smallest absolute Gasteiger partial charge is 0.279 e. The van der Waals surface area contributed by atoms with Gasteiger partial charge in [-0.3, -0.25) is 19.1 Å². The highest BCUT2D eigenvalue weighted by Gasteiger charge is 2.35. The third-order valence-corrected chi connectivity index (χ3v) is 7.84. The molecule has 2 aliphatic rings. The van der Waals surface area contributed by atoms with Crippen LogP contribution in [0.4, 0.5) is 5.69 Å². The molecule has 0 atom stereocenters. The number of hydrogen-bond acceptors (Lipinski definition) is 6. The topological polar surface area (TPSA) is 48.8 Å². The summed E-state index contributed by atoms with van der Waals surface area (Å²) in [6, 6.07) is 8.07. The SMILES string of the molecule is CCn1c(=O)/c(=C2/Sc3ccccc3N2C)s/c1=C1\C(=O)N(C)C(=S)N1C. The van der Waals surface area contributed by atoms with Gasteiger partial charge in [0.05, 0.1) is 5.69 Å². The molecule has 1 amide bonds. The van der Waals surface area contributed by atoms with Gasteiger partial charge in [0.15, 0.2) is 5.11 Å². The lowest BCUT2D eigenvalue weighted by Crippen LogP contribution is -2.35. The molecule has 1 aromatic carbocycles. The molecular formula is C18H18N4O2S3. The molecule has 3 heterocycles. The first-order valence-electron chi connectivity index (χ1n) is 8.41. The summed E-state index contributed by atoms with van der Waals surface area (Å²) in [6.07, 6.45) is 0. The van der Waals surface area contributed by atoms with Crippen LogP contribution in [0.5, 0.6) is 0 Å². The van der Waals surface area contributed by atoms with Gasteiger partial charge < -0.3 is 9.80 Å². The Morgan fingerprint density at radius 1 is 1.04 bits per heavy atom. The molecule has 27 heavy (non-hydrogen) atoms. The Labute approximate surface area is 170 Å². The number of rotatable bonds is 1. The first-order valence-corrected chi connectivity index (χ1v) is 10.5. The summed E-state index contributed by atoms with van der Waals surface area (Å²) in [5, 5.41) is 1.33. The van der Waals surface area contributed by atoms with Crippen molar-refractivity contribution in [1.29, 1.82) is 0 Å². The Balaban J connectivity index is 2.04. The van der Waals surface area contributed by atoms with Crippen molar-refractivity contribution in [3.05, 3.63) is 43.8 Å². The fraction of sp³-hybridized carbons (Fsp3) is 0.278. The van der Waals surface area contributed by atoms with E-state index in [9.17, 15) is 9.59 Å². The van der Waals surface area contributed by atoms with Gasteiger partial charge in [-0.1, -0.05) is 23.9 Å². The van der Waals surface area contributed by atoms with Gasteiger partial charge in [-0.2, -0.15) is 0 Å². The van der Waals surface area contributed by atoms with E-state index in [0.29, 0.717) is 26.5 Å². The Hall–Kier alpha value is -2.10. The van der Waals surface area contributed by atoms with E-state index in [1.165, 1.54) is 16.2 Å². The lowest BCUT2D eigenvalue weighted by molar-refractivity contribution is -0.120. The van der Waals surface area contributed by atoms with Crippen LogP contribution in [0, 0.1) is 0 Å². The highest BCUT2D eigenvalue weighted by molar-refractivity contribution is 8.08. The summed E-state index contributed by atoms with van der Waals surface area (Å²) in [5.41, 5.74) is 1.47. The Bertz CT molecular complexity index is 1160. The molecule has 0 unspecified atom stereocenters. The third-order valence-electron chi connectivity index (χ3n) is 4.75. The number of carbonyl (C=O) groups is 1. The molecule has 1 aromatic heterocycles. The molecule has 2 aromatic rings. The standard InChI is InChI=1S/C18H18N4O2S3/c1-5-22-15(24)13(17-19(2)10-8-6-7-9-11(10)26-17)27-16(22)12-14(23)21(4)18(25)20(12)3/h6-9H,5H2,1-4H3/b16-12+,17-13-. The number of aromatic nitrogens is 1. The van der Waals surface area contributed by atoms with E-state index in [-0.39, 0.29) is 11.5 Å². The molecule has 4 rings (SSSR count). The van der Waals surface area contributed by atoms with Crippen molar-refractivity contribution in [3.63, 3.8) is 0 Å². The van der Waals surface area contributed by atoms with Gasteiger partial charge in [-0.05, 0) is 31.3 Å². The number of amides is 1. The van der Waals surface area contributed by atoms with Crippen LogP contribution in [0.25, 0.3) is 10.7 Å². The van der Waals surface area contributed by atoms with Crippen molar-refractivity contribution in [1.82, 2.24) is 14.4 Å². The summed E-state index contributed by atoms with van der Waals surface area (Å²) < 4.78 is 2.95. The molecule has 0 spiro atoms. The first kappa shape index (κ1) is 18.3. The number of carbonyl (C=O) groups excluding carboxylic acids is 1. The summed E-state index contributed by atoms with van der Waals surface area (Å²) in [4.78, 5) is 32.2. The molecule has 0 aliphatic carbocycles. The Morgan fingerprint density at radius 3 is 2.33 bits per heavy atom. The molecule has 2 aliphatic heterocycles. The molecule has 6 nitrogen and oxygen atoms in total. The van der Waals surface area contributed by atoms with Crippen LogP contribution in [0.1, 0.15) is 6.92 Å². The maximum absolute atomic E-state index is 13.2. The maximum Gasteiger partial charge on any atom is 0.279 e. The second-order valence-corrected chi connectivity index (χ2v) is 8.67. The molecule has 0 N–H and O–H groups in total. The first-order chi connectivity index (χ1) is 12.9. The van der Waals surface area contributed by atoms with E-state index < -0.39 is 0 Å². The van der Waals surface area contributed by atoms with Crippen molar-refractivity contribution in [2.75, 3.05) is 26.0 Å². The van der Waals surface area contributed by atoms with E-state index in [0.717, 1.165) is 15.6 Å². The third kappa shape index (κ3) is 2.56. The van der Waals surface area contributed by atoms with Gasteiger partial charge in [0.25, 0.3) is 11.5 Å². The van der Waals surface area contributed by atoms with Crippen molar-refractivity contribution < 1.29 is 4.79 Å². The fourth-order valence-electron chi connectivity index (χ4n) is 3.25. The number of thiocarbonyl (C=S) groups is 1. The number of anilines is 1. The Morgan fingerprint density at radius 2 is 1.74 bits per heavy atom. The number of nitrogens with zero attached hydrogens (tertiary/aromatic N) is 4. The van der Waals surface area contributed by atoms with Crippen LogP contribution in [0.2, 0.25) is 0 Å². The minimum absolute atomic E-state index is 0.0752. The largest absolute Gasteiger partial charge is 0.337 e. The van der Waals surface area contributed by atoms with Crippen LogP contribution < -0.4 is 19.7 Å². The second kappa shape index (κ2) is 6.50. The average molecular weight is 419 g/mol. The van der Waals surface area contributed by atoms with E-state index in [2.05, 4.69) is 0 Å². The molecule has 1 fully saturated rings. The van der Waals surface area contributed by atoms with Gasteiger partial charge in [0.1, 0.15) is 19.9 Å². The summed E-state index contributed by atoms with van der Waals surface area (Å²) >= 11 is 8.26. The van der Waals surface area contributed by atoms with Crippen LogP contribution in [0.3, 0.4) is 0 Å². The number of para-hydroxylation sites is 1. The minimum Gasteiger partial charge on any atom is -0.337 e. The van der Waals surface area contributed by atoms with Crippen LogP contribution >= 0.6 is 35.3 Å². The molecule has 0 radical (unpaired) electrons. The second-order valence-electron chi connectivity index (χ2n) is 6.27. The van der Waals surface area contributed by atoms with Gasteiger partial charge in [0, 0.05) is 32.6 Å². The molecule has 1 saturated heterocycles. The number of thioether (sulfide) groups is 1. The minimum atomic E-state index is -0.182. The van der Waals surface area contributed by atoms with Crippen LogP contribution in [0.15, 0.2) is 34.0 Å². The fourth-order valence-corrected chi connectivity index (χ4v) is 6.02. The molecule has 140 valence electrons. The zero-order chi connectivity index (χ0) is 19.5. The van der Waals surface area contributed by atoms with Crippen molar-refractivity contribution >= 4 is 62.7 Å². The summed E-state index contributed by atoms with van der Waals surface area (Å²) in [7, 11) is 5.39. The highest BCUT2D eigenvalue weighted by Crippen LogP contribution is 2.44. The lowest BCUT2D eigenvalue weighted by atomic mass is 10.3. The van der Waals surface area contributed by atoms with Gasteiger partial charge in [-0.15, -0.1) is 11.3 Å². The zero-order valence-electron chi connectivity index (χ0n) is 15.3. The molecule has 0 bridgehead atoms. The average Bonchev–Trinajstić information content (AvgIpc) is 3.23. The highest BCUT2D eigenvalue weighted by atomic mass is 32.2. The van der Waals surface area contributed by atoms with Gasteiger partial charge >= 0.3 is 0 Å². The van der Waals surface area contributed by atoms with Crippen molar-refractivity contribution in [2.45, 2.75) is 18.4 Å². The summed E-state index contributed by atoms with van der Waals surface area (Å²) in [5.74, 6) is -0.182. The summed E-state index contributed by atoms with van der Waals surface area (Å²) in [6.45, 7) is 2.40. The molecule has 9 heteroatoms. The quantitative estimate of drug-likeness (QED) is 0.645. The van der Waals surface area contributed by atoms with E-state index in [4.69, 9.17) is 12.2 Å². The van der Waals surface area contributed by atoms with Gasteiger partial charge in [-0.25, -0.2) is 0 Å².